The number of methoxy groups -OCH3 is 1. The van der Waals surface area contributed by atoms with Crippen molar-refractivity contribution in [3.05, 3.63) is 0 Å². The third-order valence-corrected chi connectivity index (χ3v) is 14.2. The van der Waals surface area contributed by atoms with Gasteiger partial charge in [-0.25, -0.2) is 0 Å². The first kappa shape index (κ1) is 59.7. The zero-order chi connectivity index (χ0) is 49.8. The van der Waals surface area contributed by atoms with Crippen LogP contribution in [-0.4, -0.2) is 196 Å². The lowest BCUT2D eigenvalue weighted by Gasteiger charge is -2.49. The van der Waals surface area contributed by atoms with Crippen molar-refractivity contribution in [3.8, 4) is 0 Å². The van der Waals surface area contributed by atoms with Crippen LogP contribution in [-0.2, 0) is 38.0 Å². The molecule has 3 heterocycles. The van der Waals surface area contributed by atoms with Crippen LogP contribution in [0, 0.1) is 23.7 Å². The zero-order valence-electron chi connectivity index (χ0n) is 42.2. The Labute approximate surface area is 389 Å². The highest BCUT2D eigenvalue weighted by atomic mass is 16.7. The molecule has 3 rings (SSSR count). The van der Waals surface area contributed by atoms with E-state index in [-0.39, 0.29) is 56.7 Å². The molecule has 0 saturated carbocycles. The highest BCUT2D eigenvalue weighted by Crippen LogP contribution is 2.41. The number of Topliss-reactive ketones (excluding diaryl/α,β-unsaturated/α-hetero) is 1. The second-order valence-electron chi connectivity index (χ2n) is 20.0. The summed E-state index contributed by atoms with van der Waals surface area (Å²) in [6.45, 7) is 22.5. The fourth-order valence-electron chi connectivity index (χ4n) is 9.64. The van der Waals surface area contributed by atoms with Crippen LogP contribution in [0.4, 0.5) is 0 Å². The Morgan fingerprint density at radius 3 is 1.85 bits per heavy atom. The first-order valence-corrected chi connectivity index (χ1v) is 24.0. The summed E-state index contributed by atoms with van der Waals surface area (Å²) in [6, 6.07) is 0.0763. The molecule has 3 aliphatic rings. The molecule has 0 radical (unpaired) electrons. The van der Waals surface area contributed by atoms with Gasteiger partial charge in [-0.05, 0) is 87.7 Å². The van der Waals surface area contributed by atoms with E-state index < -0.39 is 108 Å². The maximum absolute atomic E-state index is 14.1. The Morgan fingerprint density at radius 1 is 0.815 bits per heavy atom. The molecule has 18 heteroatoms. The minimum atomic E-state index is -1.99. The predicted octanol–water partition coefficient (Wildman–Crippen LogP) is 1.49. The van der Waals surface area contributed by atoms with E-state index in [2.05, 4.69) is 10.6 Å². The van der Waals surface area contributed by atoms with Crippen molar-refractivity contribution in [2.75, 3.05) is 47.5 Å². The number of cyclic esters (lactones) is 1. The van der Waals surface area contributed by atoms with E-state index in [0.29, 0.717) is 6.42 Å². The first-order chi connectivity index (χ1) is 30.2. The highest BCUT2D eigenvalue weighted by Gasteiger charge is 2.53. The van der Waals surface area contributed by atoms with Crippen LogP contribution in [0.1, 0.15) is 122 Å². The van der Waals surface area contributed by atoms with Gasteiger partial charge in [0.25, 0.3) is 0 Å². The molecular weight excluding hydrogens is 847 g/mol. The van der Waals surface area contributed by atoms with Gasteiger partial charge in [0.05, 0.1) is 60.9 Å². The number of hydrogen-bond donors (Lipinski definition) is 9. The number of likely N-dealkylation sites (N-methyl/N-ethyl adjacent to an activating group) is 1. The van der Waals surface area contributed by atoms with Crippen molar-refractivity contribution in [2.24, 2.45) is 23.7 Å². The van der Waals surface area contributed by atoms with E-state index in [1.165, 1.54) is 27.9 Å². The average Bonchev–Trinajstić information content (AvgIpc) is 3.25. The summed E-state index contributed by atoms with van der Waals surface area (Å²) in [5.74, 6) is -4.98. The molecule has 0 aromatic carbocycles. The molecule has 3 saturated heterocycles. The van der Waals surface area contributed by atoms with Gasteiger partial charge < -0.3 is 79.7 Å². The van der Waals surface area contributed by atoms with Gasteiger partial charge in [-0.3, -0.25) is 9.59 Å². The average molecular weight is 938 g/mol. The van der Waals surface area contributed by atoms with Crippen molar-refractivity contribution >= 4 is 11.8 Å². The standard InChI is InChI=1S/C37H67NO13.C10H24N2O2/c1-14-25-37(10,45)30(41)20(4)27(39)18(2)16-35(8,44)32(51-34-28(40)24(38(11)12)15-19(3)47-34)21(5)29(22(6)33(43)49-25)50-26-17-36(9,46-13)31(42)23(7)48-26;1-3-9(7-13)11-5-6-12-10(4-2)8-14/h18-26,28-32,34,40-42,44-45H,14-17H2,1-13H3;9-14H,3-8H2,1-2H3/t18-,19?,20+,21+,22-,23?,24?,25-,26?,28?,29+,30-,31?,32-,34?,35-,36?,37-;9-,10-/m10/s1. The number of nitrogens with zero attached hydrogens (tertiary/aromatic N) is 1. The van der Waals surface area contributed by atoms with E-state index in [1.807, 2.05) is 39.8 Å². The van der Waals surface area contributed by atoms with Crippen LogP contribution in [0.15, 0.2) is 0 Å². The van der Waals surface area contributed by atoms with Gasteiger partial charge in [0, 0.05) is 62.5 Å². The Kier molecular flexibility index (Phi) is 24.3. The molecule has 20 atom stereocenters. The second-order valence-corrected chi connectivity index (χ2v) is 20.0. The van der Waals surface area contributed by atoms with E-state index in [4.69, 9.17) is 38.6 Å². The summed E-state index contributed by atoms with van der Waals surface area (Å²) in [7, 11) is 5.18. The highest BCUT2D eigenvalue weighted by molar-refractivity contribution is 5.83. The summed E-state index contributed by atoms with van der Waals surface area (Å²) >= 11 is 0. The number of ketones is 1. The number of carbonyl (C=O) groups excluding carboxylic acids is 2. The maximum Gasteiger partial charge on any atom is 0.311 e. The number of esters is 1. The minimum Gasteiger partial charge on any atom is -0.459 e. The van der Waals surface area contributed by atoms with E-state index in [9.17, 15) is 35.1 Å². The topological polar surface area (TPSA) is 258 Å². The van der Waals surface area contributed by atoms with Crippen molar-refractivity contribution in [1.82, 2.24) is 15.5 Å². The molecule has 18 nitrogen and oxygen atoms in total. The van der Waals surface area contributed by atoms with Gasteiger partial charge in [0.2, 0.25) is 0 Å². The Morgan fingerprint density at radius 2 is 1.37 bits per heavy atom. The molecule has 0 bridgehead atoms. The van der Waals surface area contributed by atoms with Crippen molar-refractivity contribution in [1.29, 1.82) is 0 Å². The first-order valence-electron chi connectivity index (χ1n) is 24.0. The molecule has 0 spiro atoms. The van der Waals surface area contributed by atoms with Crippen LogP contribution in [0.5, 0.6) is 0 Å². The predicted molar refractivity (Wildman–Crippen MR) is 245 cm³/mol. The van der Waals surface area contributed by atoms with Gasteiger partial charge in [0.15, 0.2) is 12.6 Å². The van der Waals surface area contributed by atoms with Gasteiger partial charge in [-0.1, -0.05) is 41.5 Å². The van der Waals surface area contributed by atoms with Gasteiger partial charge in [-0.15, -0.1) is 0 Å². The van der Waals surface area contributed by atoms with E-state index >= 15 is 0 Å². The smallest absolute Gasteiger partial charge is 0.311 e. The van der Waals surface area contributed by atoms with Crippen molar-refractivity contribution < 1.29 is 73.8 Å². The fourth-order valence-corrected chi connectivity index (χ4v) is 9.64. The van der Waals surface area contributed by atoms with Gasteiger partial charge in [0.1, 0.15) is 29.7 Å². The number of aliphatic hydroxyl groups is 7. The molecule has 3 fully saturated rings. The van der Waals surface area contributed by atoms with Crippen LogP contribution >= 0.6 is 0 Å². The normalized spacial score (nSPS) is 42.4. The Balaban J connectivity index is 0.000000889. The number of hydrogen-bond acceptors (Lipinski definition) is 18. The molecule has 384 valence electrons. The largest absolute Gasteiger partial charge is 0.459 e. The molecule has 3 aliphatic heterocycles. The van der Waals surface area contributed by atoms with E-state index in [1.54, 1.807) is 41.5 Å². The molecule has 65 heavy (non-hydrogen) atoms. The Bertz CT molecular complexity index is 1390. The van der Waals surface area contributed by atoms with Crippen LogP contribution in [0.3, 0.4) is 0 Å². The summed E-state index contributed by atoms with van der Waals surface area (Å²) in [5.41, 5.74) is -4.84. The summed E-state index contributed by atoms with van der Waals surface area (Å²) in [4.78, 5) is 29.8. The minimum absolute atomic E-state index is 0.0936. The van der Waals surface area contributed by atoms with Crippen LogP contribution < -0.4 is 10.6 Å². The second kappa shape index (κ2) is 26.5. The maximum atomic E-state index is 14.1. The molecule has 9 N–H and O–H groups in total. The SMILES string of the molecule is CC[C@@H](CO)NCCN[C@@H](CC)CO.CC[C@H]1OC(=O)[C@H](C)[C@@H](OC2CC(C)(OC)C(O)C(C)O2)[C@H](C)[C@@H](OC2OC(C)CC(N(C)C)C2O)[C@](C)(O)C[C@@H](C)C(=O)[C@H](C)[C@@H](O)[C@]1(C)O. The van der Waals surface area contributed by atoms with E-state index in [0.717, 1.165) is 25.9 Å². The van der Waals surface area contributed by atoms with Gasteiger partial charge in [-0.2, -0.15) is 0 Å². The monoisotopic (exact) mass is 938 g/mol. The lowest BCUT2D eigenvalue weighted by Crippen LogP contribution is -2.61. The number of ether oxygens (including phenoxy) is 6. The zero-order valence-corrected chi connectivity index (χ0v) is 42.2. The number of rotatable bonds is 16. The van der Waals surface area contributed by atoms with Crippen molar-refractivity contribution in [3.63, 3.8) is 0 Å². The number of aliphatic hydroxyl groups excluding tert-OH is 5. The third-order valence-electron chi connectivity index (χ3n) is 14.2. The molecule has 0 aromatic heterocycles. The van der Waals surface area contributed by atoms with Crippen molar-refractivity contribution in [2.45, 2.75) is 218 Å². The molecule has 0 aromatic rings. The molecular formula is C47H91N3O15. The molecule has 0 aliphatic carbocycles. The summed E-state index contributed by atoms with van der Waals surface area (Å²) in [5, 5.41) is 81.9. The lowest BCUT2D eigenvalue weighted by molar-refractivity contribution is -0.318. The van der Waals surface area contributed by atoms with Crippen LogP contribution in [0.25, 0.3) is 0 Å². The number of nitrogens with one attached hydrogen (secondary N) is 2. The molecule has 8 unspecified atom stereocenters. The summed E-state index contributed by atoms with van der Waals surface area (Å²) in [6.07, 6.45) is -7.83. The van der Waals surface area contributed by atoms with Crippen LogP contribution in [0.2, 0.25) is 0 Å². The third kappa shape index (κ3) is 15.8. The Hall–Kier alpha value is -1.46. The quantitative estimate of drug-likeness (QED) is 0.0785. The molecule has 0 amide bonds. The lowest BCUT2D eigenvalue weighted by atomic mass is 9.74. The number of carbonyl (C=O) groups is 2. The summed E-state index contributed by atoms with van der Waals surface area (Å²) < 4.78 is 37.1. The fraction of sp³-hybridized carbons (Fsp3) is 0.957. The van der Waals surface area contributed by atoms with Gasteiger partial charge >= 0.3 is 5.97 Å².